The van der Waals surface area contributed by atoms with Gasteiger partial charge in [-0.15, -0.1) is 0 Å². The minimum atomic E-state index is 0.709. The van der Waals surface area contributed by atoms with Gasteiger partial charge < -0.3 is 10.2 Å². The third kappa shape index (κ3) is 3.07. The Hall–Kier alpha value is -0.860. The van der Waals surface area contributed by atoms with Crippen molar-refractivity contribution in [3.05, 3.63) is 35.4 Å². The van der Waals surface area contributed by atoms with E-state index in [-0.39, 0.29) is 0 Å². The quantitative estimate of drug-likeness (QED) is 0.910. The molecule has 110 valence electrons. The average Bonchev–Trinajstić information content (AvgIpc) is 2.46. The lowest BCUT2D eigenvalue weighted by atomic mass is 9.82. The largest absolute Gasteiger partial charge is 0.313 e. The van der Waals surface area contributed by atoms with Crippen LogP contribution in [0.4, 0.5) is 0 Å². The lowest BCUT2D eigenvalue weighted by Crippen LogP contribution is -2.48. The second-order valence-electron chi connectivity index (χ2n) is 6.83. The Kier molecular flexibility index (Phi) is 4.42. The molecule has 1 aromatic carbocycles. The molecule has 3 rings (SSSR count). The van der Waals surface area contributed by atoms with E-state index < -0.39 is 0 Å². The molecule has 0 saturated carbocycles. The Labute approximate surface area is 123 Å². The summed E-state index contributed by atoms with van der Waals surface area (Å²) < 4.78 is 0. The number of benzene rings is 1. The zero-order valence-electron chi connectivity index (χ0n) is 12.9. The Morgan fingerprint density at radius 1 is 1.25 bits per heavy atom. The van der Waals surface area contributed by atoms with E-state index in [0.717, 1.165) is 18.4 Å². The van der Waals surface area contributed by atoms with Crippen molar-refractivity contribution in [3.63, 3.8) is 0 Å². The fraction of sp³-hybridized carbons (Fsp3) is 0.667. The van der Waals surface area contributed by atoms with Gasteiger partial charge >= 0.3 is 0 Å². The maximum atomic E-state index is 3.88. The van der Waals surface area contributed by atoms with E-state index in [0.29, 0.717) is 6.04 Å². The van der Waals surface area contributed by atoms with E-state index in [1.807, 2.05) is 0 Å². The second-order valence-corrected chi connectivity index (χ2v) is 6.83. The summed E-state index contributed by atoms with van der Waals surface area (Å²) >= 11 is 0. The Morgan fingerprint density at radius 3 is 2.95 bits per heavy atom. The predicted molar refractivity (Wildman–Crippen MR) is 85.2 cm³/mol. The van der Waals surface area contributed by atoms with E-state index in [9.17, 15) is 0 Å². The van der Waals surface area contributed by atoms with Gasteiger partial charge in [0.25, 0.3) is 0 Å². The van der Waals surface area contributed by atoms with Crippen LogP contribution in [0, 0.1) is 5.92 Å². The molecule has 1 aromatic rings. The number of likely N-dealkylation sites (tertiary alicyclic amines) is 1. The highest BCUT2D eigenvalue weighted by Crippen LogP contribution is 2.31. The first-order valence-corrected chi connectivity index (χ1v) is 8.24. The fourth-order valence-electron chi connectivity index (χ4n) is 4.02. The molecule has 1 heterocycles. The Balaban J connectivity index is 1.59. The van der Waals surface area contributed by atoms with Crippen molar-refractivity contribution in [2.24, 2.45) is 5.92 Å². The molecular formula is C18H28N2. The molecule has 0 radical (unpaired) electrons. The van der Waals surface area contributed by atoms with Gasteiger partial charge in [-0.05, 0) is 62.2 Å². The lowest BCUT2D eigenvalue weighted by molar-refractivity contribution is 0.173. The third-order valence-corrected chi connectivity index (χ3v) is 5.23. The van der Waals surface area contributed by atoms with Crippen molar-refractivity contribution in [1.82, 2.24) is 10.2 Å². The van der Waals surface area contributed by atoms with Crippen LogP contribution in [0.15, 0.2) is 24.3 Å². The number of aryl methyl sites for hydroxylation is 1. The van der Waals surface area contributed by atoms with Gasteiger partial charge in [0.05, 0.1) is 0 Å². The van der Waals surface area contributed by atoms with Crippen LogP contribution >= 0.6 is 0 Å². The molecule has 1 aliphatic carbocycles. The van der Waals surface area contributed by atoms with Crippen LogP contribution in [0.5, 0.6) is 0 Å². The Bertz CT molecular complexity index is 443. The summed E-state index contributed by atoms with van der Waals surface area (Å²) in [7, 11) is 2.24. The minimum absolute atomic E-state index is 0.709. The van der Waals surface area contributed by atoms with E-state index >= 15 is 0 Å². The summed E-state index contributed by atoms with van der Waals surface area (Å²) in [6.07, 6.45) is 5.28. The van der Waals surface area contributed by atoms with E-state index in [1.54, 1.807) is 11.1 Å². The van der Waals surface area contributed by atoms with Gasteiger partial charge in [0, 0.05) is 19.1 Å². The number of rotatable bonds is 3. The number of fused-ring (bicyclic) bond motifs is 1. The summed E-state index contributed by atoms with van der Waals surface area (Å²) in [6.45, 7) is 6.03. The van der Waals surface area contributed by atoms with Crippen LogP contribution in [0.3, 0.4) is 0 Å². The molecule has 1 saturated heterocycles. The summed E-state index contributed by atoms with van der Waals surface area (Å²) in [4.78, 5) is 2.46. The topological polar surface area (TPSA) is 15.3 Å². The normalized spacial score (nSPS) is 31.0. The maximum Gasteiger partial charge on any atom is 0.0117 e. The molecule has 2 heteroatoms. The molecule has 20 heavy (non-hydrogen) atoms. The smallest absolute Gasteiger partial charge is 0.0117 e. The SMILES string of the molecule is CC1CN(C)CCC1NCC1CCCc2ccccc21. The maximum absolute atomic E-state index is 3.88. The van der Waals surface area contributed by atoms with Gasteiger partial charge in [0.15, 0.2) is 0 Å². The predicted octanol–water partition coefficient (Wildman–Crippen LogP) is 3.04. The molecule has 0 aromatic heterocycles. The summed E-state index contributed by atoms with van der Waals surface area (Å²) in [6, 6.07) is 9.77. The molecule has 2 nitrogen and oxygen atoms in total. The number of hydrogen-bond donors (Lipinski definition) is 1. The monoisotopic (exact) mass is 272 g/mol. The number of hydrogen-bond acceptors (Lipinski definition) is 2. The van der Waals surface area contributed by atoms with Gasteiger partial charge in [-0.25, -0.2) is 0 Å². The van der Waals surface area contributed by atoms with Crippen LogP contribution < -0.4 is 5.32 Å². The first-order chi connectivity index (χ1) is 9.74. The van der Waals surface area contributed by atoms with Crippen molar-refractivity contribution in [3.8, 4) is 0 Å². The van der Waals surface area contributed by atoms with Gasteiger partial charge in [0.2, 0.25) is 0 Å². The van der Waals surface area contributed by atoms with Crippen molar-refractivity contribution in [2.75, 3.05) is 26.7 Å². The highest BCUT2D eigenvalue weighted by molar-refractivity contribution is 5.32. The van der Waals surface area contributed by atoms with Gasteiger partial charge in [0.1, 0.15) is 0 Å². The van der Waals surface area contributed by atoms with Crippen LogP contribution in [0.1, 0.15) is 43.2 Å². The molecule has 3 atom stereocenters. The number of nitrogens with zero attached hydrogens (tertiary/aromatic N) is 1. The van der Waals surface area contributed by atoms with Crippen LogP contribution in [-0.2, 0) is 6.42 Å². The third-order valence-electron chi connectivity index (χ3n) is 5.23. The zero-order valence-corrected chi connectivity index (χ0v) is 12.9. The van der Waals surface area contributed by atoms with Crippen LogP contribution in [-0.4, -0.2) is 37.6 Å². The minimum Gasteiger partial charge on any atom is -0.313 e. The molecule has 3 unspecified atom stereocenters. The number of nitrogens with one attached hydrogen (secondary N) is 1. The van der Waals surface area contributed by atoms with E-state index in [2.05, 4.69) is 48.5 Å². The Morgan fingerprint density at radius 2 is 2.10 bits per heavy atom. The first kappa shape index (κ1) is 14.1. The second kappa shape index (κ2) is 6.28. The van der Waals surface area contributed by atoms with Gasteiger partial charge in [-0.1, -0.05) is 31.2 Å². The van der Waals surface area contributed by atoms with Crippen molar-refractivity contribution >= 4 is 0 Å². The molecule has 1 N–H and O–H groups in total. The van der Waals surface area contributed by atoms with Crippen molar-refractivity contribution in [2.45, 2.75) is 44.6 Å². The highest BCUT2D eigenvalue weighted by Gasteiger charge is 2.26. The molecule has 2 aliphatic rings. The summed E-state index contributed by atoms with van der Waals surface area (Å²) in [5.74, 6) is 1.50. The van der Waals surface area contributed by atoms with Gasteiger partial charge in [-0.3, -0.25) is 0 Å². The first-order valence-electron chi connectivity index (χ1n) is 8.24. The lowest BCUT2D eigenvalue weighted by Gasteiger charge is -2.36. The molecule has 1 fully saturated rings. The molecule has 0 spiro atoms. The molecule has 0 bridgehead atoms. The summed E-state index contributed by atoms with van der Waals surface area (Å²) in [5, 5.41) is 3.88. The van der Waals surface area contributed by atoms with E-state index in [1.165, 1.54) is 38.8 Å². The molecule has 0 amide bonds. The standard InChI is InChI=1S/C18H28N2/c1-14-13-20(2)11-10-18(14)19-12-16-8-5-7-15-6-3-4-9-17(15)16/h3-4,6,9,14,16,18-19H,5,7-8,10-13H2,1-2H3. The van der Waals surface area contributed by atoms with Gasteiger partial charge in [-0.2, -0.15) is 0 Å². The highest BCUT2D eigenvalue weighted by atomic mass is 15.1. The number of piperidine rings is 1. The zero-order chi connectivity index (χ0) is 13.9. The van der Waals surface area contributed by atoms with Crippen LogP contribution in [0.25, 0.3) is 0 Å². The van der Waals surface area contributed by atoms with Crippen LogP contribution in [0.2, 0.25) is 0 Å². The van der Waals surface area contributed by atoms with Crippen molar-refractivity contribution < 1.29 is 0 Å². The van der Waals surface area contributed by atoms with Crippen molar-refractivity contribution in [1.29, 1.82) is 0 Å². The molecule has 1 aliphatic heterocycles. The summed E-state index contributed by atoms with van der Waals surface area (Å²) in [5.41, 5.74) is 3.19. The fourth-order valence-corrected chi connectivity index (χ4v) is 4.02. The average molecular weight is 272 g/mol. The molecular weight excluding hydrogens is 244 g/mol. The van der Waals surface area contributed by atoms with E-state index in [4.69, 9.17) is 0 Å².